The van der Waals surface area contributed by atoms with Gasteiger partial charge in [-0.3, -0.25) is 20.4 Å². The summed E-state index contributed by atoms with van der Waals surface area (Å²) in [7, 11) is 0. The van der Waals surface area contributed by atoms with Crippen molar-refractivity contribution in [3.63, 3.8) is 0 Å². The van der Waals surface area contributed by atoms with Gasteiger partial charge in [-0.2, -0.15) is 0 Å². The first-order valence-corrected chi connectivity index (χ1v) is 11.1. The van der Waals surface area contributed by atoms with E-state index in [2.05, 4.69) is 21.9 Å². The minimum Gasteiger partial charge on any atom is -0.273 e. The van der Waals surface area contributed by atoms with Crippen molar-refractivity contribution >= 4 is 33.4 Å². The van der Waals surface area contributed by atoms with E-state index in [9.17, 15) is 9.59 Å². The smallest absolute Gasteiger partial charge is 0.250 e. The van der Waals surface area contributed by atoms with Crippen LogP contribution in [0.15, 0.2) is 84.9 Å². The van der Waals surface area contributed by atoms with Gasteiger partial charge in [-0.25, -0.2) is 4.98 Å². The average Bonchev–Trinajstić information content (AvgIpc) is 3.22. The monoisotopic (exact) mass is 429 g/mol. The Hall–Kier alpha value is -3.51. The largest absolute Gasteiger partial charge is 0.273 e. The first-order chi connectivity index (χ1) is 15.2. The average molecular weight is 430 g/mol. The third-order valence-electron chi connectivity index (χ3n) is 4.99. The van der Waals surface area contributed by atoms with Crippen LogP contribution < -0.4 is 10.9 Å². The fourth-order valence-corrected chi connectivity index (χ4v) is 4.49. The molecule has 0 saturated heterocycles. The standard InChI is InChI=1S/C25H23N3O2S/c29-22(16-9-17-23-26-20-14-7-8-15-21(20)31-23)27-28-25(30)24(18-10-3-1-4-11-18)19-12-5-2-6-13-19/h1-8,10-15,24H,9,16-17H2,(H,27,29)(H,28,30). The number of hydrazine groups is 1. The van der Waals surface area contributed by atoms with Crippen LogP contribution in [0.25, 0.3) is 10.2 Å². The highest BCUT2D eigenvalue weighted by atomic mass is 32.1. The summed E-state index contributed by atoms with van der Waals surface area (Å²) < 4.78 is 1.15. The summed E-state index contributed by atoms with van der Waals surface area (Å²) in [6, 6.07) is 27.1. The molecule has 0 spiro atoms. The van der Waals surface area contributed by atoms with Gasteiger partial charge in [0.2, 0.25) is 11.8 Å². The van der Waals surface area contributed by atoms with Gasteiger partial charge in [0.05, 0.1) is 21.1 Å². The summed E-state index contributed by atoms with van der Waals surface area (Å²) in [5.41, 5.74) is 7.89. The Balaban J connectivity index is 1.31. The molecule has 3 aromatic carbocycles. The number of aryl methyl sites for hydroxylation is 1. The molecule has 6 heteroatoms. The third-order valence-corrected chi connectivity index (χ3v) is 6.08. The Morgan fingerprint density at radius 2 is 1.42 bits per heavy atom. The number of amides is 2. The number of carbonyl (C=O) groups is 2. The molecule has 0 aliphatic rings. The summed E-state index contributed by atoms with van der Waals surface area (Å²) in [6.45, 7) is 0. The maximum Gasteiger partial charge on any atom is 0.250 e. The molecule has 0 aliphatic heterocycles. The molecule has 0 bridgehead atoms. The Kier molecular flexibility index (Phi) is 6.69. The van der Waals surface area contributed by atoms with Crippen molar-refractivity contribution in [2.45, 2.75) is 25.2 Å². The third kappa shape index (κ3) is 5.35. The lowest BCUT2D eigenvalue weighted by Gasteiger charge is -2.18. The summed E-state index contributed by atoms with van der Waals surface area (Å²) in [6.07, 6.45) is 1.72. The lowest BCUT2D eigenvalue weighted by atomic mass is 9.91. The Morgan fingerprint density at radius 1 is 0.806 bits per heavy atom. The summed E-state index contributed by atoms with van der Waals surface area (Å²) >= 11 is 1.65. The molecule has 4 rings (SSSR count). The van der Waals surface area contributed by atoms with Crippen molar-refractivity contribution in [2.24, 2.45) is 0 Å². The van der Waals surface area contributed by atoms with E-state index in [1.54, 1.807) is 11.3 Å². The van der Waals surface area contributed by atoms with Crippen molar-refractivity contribution < 1.29 is 9.59 Å². The molecule has 5 nitrogen and oxygen atoms in total. The maximum atomic E-state index is 12.9. The molecule has 31 heavy (non-hydrogen) atoms. The van der Waals surface area contributed by atoms with E-state index < -0.39 is 5.92 Å². The number of rotatable bonds is 7. The highest BCUT2D eigenvalue weighted by molar-refractivity contribution is 7.18. The van der Waals surface area contributed by atoms with Crippen LogP contribution in [-0.4, -0.2) is 16.8 Å². The molecular weight excluding hydrogens is 406 g/mol. The van der Waals surface area contributed by atoms with E-state index in [0.717, 1.165) is 32.8 Å². The zero-order chi connectivity index (χ0) is 21.5. The van der Waals surface area contributed by atoms with Gasteiger partial charge in [0.25, 0.3) is 0 Å². The van der Waals surface area contributed by atoms with E-state index in [0.29, 0.717) is 12.8 Å². The molecule has 0 atom stereocenters. The van der Waals surface area contributed by atoms with Gasteiger partial charge in [0.15, 0.2) is 0 Å². The molecule has 0 unspecified atom stereocenters. The number of thiazole rings is 1. The second kappa shape index (κ2) is 10.00. The molecule has 1 heterocycles. The van der Waals surface area contributed by atoms with Gasteiger partial charge in [0.1, 0.15) is 0 Å². The quantitative estimate of drug-likeness (QED) is 0.422. The summed E-state index contributed by atoms with van der Waals surface area (Å²) in [4.78, 5) is 29.8. The normalized spacial score (nSPS) is 10.9. The number of hydrogen-bond acceptors (Lipinski definition) is 4. The molecular formula is C25H23N3O2S. The van der Waals surface area contributed by atoms with Crippen molar-refractivity contribution in [1.29, 1.82) is 0 Å². The zero-order valence-corrected chi connectivity index (χ0v) is 17.8. The molecule has 156 valence electrons. The molecule has 0 aliphatic carbocycles. The number of carbonyl (C=O) groups excluding carboxylic acids is 2. The van der Waals surface area contributed by atoms with E-state index >= 15 is 0 Å². The Morgan fingerprint density at radius 3 is 2.06 bits per heavy atom. The van der Waals surface area contributed by atoms with Gasteiger partial charge < -0.3 is 0 Å². The van der Waals surface area contributed by atoms with E-state index in [-0.39, 0.29) is 11.8 Å². The summed E-state index contributed by atoms with van der Waals surface area (Å²) in [5, 5.41) is 1.02. The van der Waals surface area contributed by atoms with Gasteiger partial charge in [-0.05, 0) is 36.1 Å². The highest BCUT2D eigenvalue weighted by Gasteiger charge is 2.22. The number of para-hydroxylation sites is 1. The molecule has 1 aromatic heterocycles. The lowest BCUT2D eigenvalue weighted by Crippen LogP contribution is -2.44. The van der Waals surface area contributed by atoms with Crippen LogP contribution in [-0.2, 0) is 16.0 Å². The van der Waals surface area contributed by atoms with Crippen molar-refractivity contribution in [1.82, 2.24) is 15.8 Å². The second-order valence-electron chi connectivity index (χ2n) is 7.22. The number of aromatic nitrogens is 1. The predicted molar refractivity (Wildman–Crippen MR) is 124 cm³/mol. The van der Waals surface area contributed by atoms with Crippen molar-refractivity contribution in [3.8, 4) is 0 Å². The Bertz CT molecular complexity index is 1090. The van der Waals surface area contributed by atoms with Crippen LogP contribution in [0.2, 0.25) is 0 Å². The topological polar surface area (TPSA) is 71.1 Å². The van der Waals surface area contributed by atoms with Crippen LogP contribution in [0.1, 0.15) is 34.9 Å². The predicted octanol–water partition coefficient (Wildman–Crippen LogP) is 4.60. The molecule has 0 fully saturated rings. The minimum atomic E-state index is -0.495. The fraction of sp³-hybridized carbons (Fsp3) is 0.160. The van der Waals surface area contributed by atoms with Gasteiger partial charge in [-0.1, -0.05) is 72.8 Å². The molecule has 0 radical (unpaired) electrons. The van der Waals surface area contributed by atoms with Crippen LogP contribution in [0.5, 0.6) is 0 Å². The second-order valence-corrected chi connectivity index (χ2v) is 8.34. The van der Waals surface area contributed by atoms with E-state index in [1.165, 1.54) is 0 Å². The van der Waals surface area contributed by atoms with Gasteiger partial charge >= 0.3 is 0 Å². The van der Waals surface area contributed by atoms with Crippen LogP contribution in [0.4, 0.5) is 0 Å². The Labute approximate surface area is 185 Å². The maximum absolute atomic E-state index is 12.9. The number of nitrogens with one attached hydrogen (secondary N) is 2. The number of fused-ring (bicyclic) bond motifs is 1. The van der Waals surface area contributed by atoms with Gasteiger partial charge in [0, 0.05) is 6.42 Å². The first kappa shape index (κ1) is 20.8. The summed E-state index contributed by atoms with van der Waals surface area (Å²) in [5.74, 6) is -0.975. The first-order valence-electron chi connectivity index (χ1n) is 10.2. The van der Waals surface area contributed by atoms with Crippen LogP contribution >= 0.6 is 11.3 Å². The molecule has 0 saturated carbocycles. The van der Waals surface area contributed by atoms with E-state index in [4.69, 9.17) is 0 Å². The fourth-order valence-electron chi connectivity index (χ4n) is 3.48. The van der Waals surface area contributed by atoms with E-state index in [1.807, 2.05) is 78.9 Å². The lowest BCUT2D eigenvalue weighted by molar-refractivity contribution is -0.129. The van der Waals surface area contributed by atoms with Crippen molar-refractivity contribution in [3.05, 3.63) is 101 Å². The highest BCUT2D eigenvalue weighted by Crippen LogP contribution is 2.25. The molecule has 2 N–H and O–H groups in total. The zero-order valence-electron chi connectivity index (χ0n) is 17.0. The number of hydrogen-bond donors (Lipinski definition) is 2. The van der Waals surface area contributed by atoms with Crippen molar-refractivity contribution in [2.75, 3.05) is 0 Å². The molecule has 2 amide bonds. The van der Waals surface area contributed by atoms with Gasteiger partial charge in [-0.15, -0.1) is 11.3 Å². The number of benzene rings is 3. The molecule has 4 aromatic rings. The van der Waals surface area contributed by atoms with Crippen LogP contribution in [0.3, 0.4) is 0 Å². The SMILES string of the molecule is O=C(CCCc1nc2ccccc2s1)NNC(=O)C(c1ccccc1)c1ccccc1. The van der Waals surface area contributed by atoms with Crippen LogP contribution in [0, 0.1) is 0 Å². The minimum absolute atomic E-state index is 0.214. The number of nitrogens with zero attached hydrogens (tertiary/aromatic N) is 1.